The minimum absolute atomic E-state index is 0.0500. The number of nitro groups is 1. The van der Waals surface area contributed by atoms with E-state index in [1.54, 1.807) is 7.11 Å². The van der Waals surface area contributed by atoms with Gasteiger partial charge in [0.1, 0.15) is 0 Å². The molecule has 1 N–H and O–H groups in total. The van der Waals surface area contributed by atoms with E-state index >= 15 is 0 Å². The molecule has 1 saturated heterocycles. The standard InChI is InChI=1S/C12H14N2O5/c1-19-9-4-5-13(7-9)11-3-2-8(14(17)18)6-10(11)12(15)16/h2-3,6,9H,4-5,7H2,1H3,(H,15,16). The highest BCUT2D eigenvalue weighted by Crippen LogP contribution is 2.28. The van der Waals surface area contributed by atoms with Crippen LogP contribution in [0.1, 0.15) is 16.8 Å². The maximum Gasteiger partial charge on any atom is 0.338 e. The van der Waals surface area contributed by atoms with Gasteiger partial charge in [0.05, 0.1) is 22.3 Å². The summed E-state index contributed by atoms with van der Waals surface area (Å²) < 4.78 is 5.23. The van der Waals surface area contributed by atoms with E-state index in [0.29, 0.717) is 18.8 Å². The molecule has 0 aromatic heterocycles. The lowest BCUT2D eigenvalue weighted by Crippen LogP contribution is -2.24. The Balaban J connectivity index is 2.35. The summed E-state index contributed by atoms with van der Waals surface area (Å²) in [6.07, 6.45) is 0.879. The number of hydrogen-bond acceptors (Lipinski definition) is 5. The lowest BCUT2D eigenvalue weighted by molar-refractivity contribution is -0.384. The number of rotatable bonds is 4. The molecular formula is C12H14N2O5. The fourth-order valence-electron chi connectivity index (χ4n) is 2.22. The van der Waals surface area contributed by atoms with Gasteiger partial charge < -0.3 is 14.7 Å². The van der Waals surface area contributed by atoms with Crippen LogP contribution < -0.4 is 4.90 Å². The van der Waals surface area contributed by atoms with Crippen LogP contribution >= 0.6 is 0 Å². The van der Waals surface area contributed by atoms with Crippen LogP contribution in [0.2, 0.25) is 0 Å². The minimum Gasteiger partial charge on any atom is -0.478 e. The van der Waals surface area contributed by atoms with Crippen molar-refractivity contribution in [2.24, 2.45) is 0 Å². The Kier molecular flexibility index (Phi) is 3.66. The maximum atomic E-state index is 11.2. The van der Waals surface area contributed by atoms with Crippen LogP contribution in [0.3, 0.4) is 0 Å². The van der Waals surface area contributed by atoms with Crippen molar-refractivity contribution in [1.82, 2.24) is 0 Å². The number of hydrogen-bond donors (Lipinski definition) is 1. The van der Waals surface area contributed by atoms with Gasteiger partial charge in [0.25, 0.3) is 5.69 Å². The van der Waals surface area contributed by atoms with Gasteiger partial charge in [0.2, 0.25) is 0 Å². The smallest absolute Gasteiger partial charge is 0.338 e. The third kappa shape index (κ3) is 2.65. The monoisotopic (exact) mass is 266 g/mol. The van der Waals surface area contributed by atoms with E-state index in [1.165, 1.54) is 12.1 Å². The van der Waals surface area contributed by atoms with E-state index in [2.05, 4.69) is 0 Å². The zero-order valence-electron chi connectivity index (χ0n) is 10.4. The number of methoxy groups -OCH3 is 1. The number of ether oxygens (including phenoxy) is 1. The Morgan fingerprint density at radius 2 is 2.32 bits per heavy atom. The highest BCUT2D eigenvalue weighted by atomic mass is 16.6. The summed E-state index contributed by atoms with van der Waals surface area (Å²) in [6, 6.07) is 3.90. The quantitative estimate of drug-likeness (QED) is 0.656. The number of carboxylic acids is 1. The van der Waals surface area contributed by atoms with Crippen molar-refractivity contribution in [1.29, 1.82) is 0 Å². The number of non-ortho nitro benzene ring substituents is 1. The van der Waals surface area contributed by atoms with Crippen molar-refractivity contribution in [2.45, 2.75) is 12.5 Å². The second-order valence-electron chi connectivity index (χ2n) is 4.36. The van der Waals surface area contributed by atoms with Gasteiger partial charge in [-0.05, 0) is 12.5 Å². The van der Waals surface area contributed by atoms with Gasteiger partial charge in [-0.1, -0.05) is 0 Å². The van der Waals surface area contributed by atoms with E-state index in [9.17, 15) is 20.0 Å². The summed E-state index contributed by atoms with van der Waals surface area (Å²) in [5.41, 5.74) is 0.229. The van der Waals surface area contributed by atoms with Crippen LogP contribution in [0, 0.1) is 10.1 Å². The lowest BCUT2D eigenvalue weighted by Gasteiger charge is -2.20. The van der Waals surface area contributed by atoms with Crippen LogP contribution in [0.25, 0.3) is 0 Å². The molecule has 0 bridgehead atoms. The molecule has 1 aromatic carbocycles. The second kappa shape index (κ2) is 5.23. The molecule has 0 aliphatic carbocycles. The normalized spacial score (nSPS) is 18.6. The molecule has 1 aliphatic heterocycles. The molecule has 0 spiro atoms. The first kappa shape index (κ1) is 13.3. The zero-order chi connectivity index (χ0) is 14.0. The van der Waals surface area contributed by atoms with Crippen molar-refractivity contribution >= 4 is 17.3 Å². The Morgan fingerprint density at radius 1 is 1.58 bits per heavy atom. The number of benzene rings is 1. The summed E-state index contributed by atoms with van der Waals surface area (Å²) in [5.74, 6) is -1.17. The summed E-state index contributed by atoms with van der Waals surface area (Å²) in [4.78, 5) is 23.2. The van der Waals surface area contributed by atoms with Gasteiger partial charge in [-0.2, -0.15) is 0 Å². The SMILES string of the molecule is COC1CCN(c2ccc([N+](=O)[O-])cc2C(=O)O)C1. The number of anilines is 1. The number of carbonyl (C=O) groups is 1. The molecular weight excluding hydrogens is 252 g/mol. The number of nitrogens with zero attached hydrogens (tertiary/aromatic N) is 2. The predicted molar refractivity (Wildman–Crippen MR) is 67.7 cm³/mol. The average Bonchev–Trinajstić information content (AvgIpc) is 2.86. The highest BCUT2D eigenvalue weighted by Gasteiger charge is 2.26. The van der Waals surface area contributed by atoms with Gasteiger partial charge >= 0.3 is 5.97 Å². The third-order valence-corrected chi connectivity index (χ3v) is 3.24. The predicted octanol–water partition coefficient (Wildman–Crippen LogP) is 1.52. The first-order chi connectivity index (χ1) is 9.02. The van der Waals surface area contributed by atoms with Gasteiger partial charge in [-0.15, -0.1) is 0 Å². The van der Waals surface area contributed by atoms with Crippen molar-refractivity contribution in [2.75, 3.05) is 25.1 Å². The molecule has 1 aromatic rings. The Bertz CT molecular complexity index is 517. The van der Waals surface area contributed by atoms with Crippen molar-refractivity contribution in [3.05, 3.63) is 33.9 Å². The van der Waals surface area contributed by atoms with E-state index < -0.39 is 10.9 Å². The van der Waals surface area contributed by atoms with Gasteiger partial charge in [0.15, 0.2) is 0 Å². The van der Waals surface area contributed by atoms with Crippen LogP contribution in [-0.2, 0) is 4.74 Å². The first-order valence-electron chi connectivity index (χ1n) is 5.82. The molecule has 2 rings (SSSR count). The molecule has 1 aliphatic rings. The third-order valence-electron chi connectivity index (χ3n) is 3.24. The molecule has 1 atom stereocenters. The molecule has 0 radical (unpaired) electrons. The summed E-state index contributed by atoms with van der Waals surface area (Å²) in [5, 5.41) is 19.9. The van der Waals surface area contributed by atoms with Crippen molar-refractivity contribution in [3.8, 4) is 0 Å². The summed E-state index contributed by atoms with van der Waals surface area (Å²) >= 11 is 0. The van der Waals surface area contributed by atoms with Crippen molar-refractivity contribution in [3.63, 3.8) is 0 Å². The molecule has 7 nitrogen and oxygen atoms in total. The highest BCUT2D eigenvalue weighted by molar-refractivity contribution is 5.95. The summed E-state index contributed by atoms with van der Waals surface area (Å²) in [7, 11) is 1.61. The molecule has 0 amide bonds. The number of nitro benzene ring substituents is 1. The molecule has 1 unspecified atom stereocenters. The van der Waals surface area contributed by atoms with Gasteiger partial charge in [0, 0.05) is 32.3 Å². The lowest BCUT2D eigenvalue weighted by atomic mass is 10.1. The number of carboxylic acid groups (broad SMARTS) is 1. The average molecular weight is 266 g/mol. The second-order valence-corrected chi connectivity index (χ2v) is 4.36. The van der Waals surface area contributed by atoms with E-state index in [0.717, 1.165) is 12.5 Å². The number of aromatic carboxylic acids is 1. The molecule has 1 fully saturated rings. The molecule has 19 heavy (non-hydrogen) atoms. The first-order valence-corrected chi connectivity index (χ1v) is 5.82. The molecule has 102 valence electrons. The van der Waals surface area contributed by atoms with Gasteiger partial charge in [-0.25, -0.2) is 4.79 Å². The Morgan fingerprint density at radius 3 is 2.84 bits per heavy atom. The van der Waals surface area contributed by atoms with Crippen LogP contribution in [0.15, 0.2) is 18.2 Å². The molecule has 1 heterocycles. The zero-order valence-corrected chi connectivity index (χ0v) is 10.4. The van der Waals surface area contributed by atoms with Gasteiger partial charge in [-0.3, -0.25) is 10.1 Å². The topological polar surface area (TPSA) is 92.9 Å². The minimum atomic E-state index is -1.17. The van der Waals surface area contributed by atoms with E-state index in [-0.39, 0.29) is 17.4 Å². The maximum absolute atomic E-state index is 11.2. The largest absolute Gasteiger partial charge is 0.478 e. The Hall–Kier alpha value is -2.15. The fourth-order valence-corrected chi connectivity index (χ4v) is 2.22. The molecule has 0 saturated carbocycles. The van der Waals surface area contributed by atoms with Crippen LogP contribution in [-0.4, -0.2) is 42.3 Å². The van der Waals surface area contributed by atoms with Crippen LogP contribution in [0.5, 0.6) is 0 Å². The van der Waals surface area contributed by atoms with Crippen molar-refractivity contribution < 1.29 is 19.6 Å². The summed E-state index contributed by atoms with van der Waals surface area (Å²) in [6.45, 7) is 1.27. The molecule has 7 heteroatoms. The fraction of sp³-hybridized carbons (Fsp3) is 0.417. The Labute approximate surface area is 109 Å². The van der Waals surface area contributed by atoms with Crippen LogP contribution in [0.4, 0.5) is 11.4 Å². The van der Waals surface area contributed by atoms with E-state index in [1.807, 2.05) is 4.90 Å². The van der Waals surface area contributed by atoms with E-state index in [4.69, 9.17) is 4.74 Å².